The maximum atomic E-state index is 10.4. The van der Waals surface area contributed by atoms with E-state index < -0.39 is 5.97 Å². The molecule has 0 heterocycles. The van der Waals surface area contributed by atoms with Crippen molar-refractivity contribution < 1.29 is 9.90 Å². The molecule has 2 nitrogen and oxygen atoms in total. The Bertz CT molecular complexity index is 375. The summed E-state index contributed by atoms with van der Waals surface area (Å²) in [7, 11) is 0. The standard InChI is InChI=1S/C29H56O2/c1-2-3-4-5-6-7-8-9-10-11-12-13-14-15-16-17-18-19-20-21-22-23-24-25-26-27-28-29(30)31/h24-25H,2-23,26-28H2,1H3,(H,30,31). The first-order chi connectivity index (χ1) is 15.3. The van der Waals surface area contributed by atoms with Crippen molar-refractivity contribution in [3.8, 4) is 0 Å². The van der Waals surface area contributed by atoms with Gasteiger partial charge in [0.15, 0.2) is 0 Å². The van der Waals surface area contributed by atoms with Crippen LogP contribution in [0.15, 0.2) is 12.2 Å². The van der Waals surface area contributed by atoms with Crippen LogP contribution < -0.4 is 0 Å². The summed E-state index contributed by atoms with van der Waals surface area (Å²) in [6, 6.07) is 0. The molecule has 0 saturated heterocycles. The van der Waals surface area contributed by atoms with Crippen molar-refractivity contribution >= 4 is 5.97 Å². The Morgan fingerprint density at radius 1 is 0.484 bits per heavy atom. The van der Waals surface area contributed by atoms with Gasteiger partial charge in [-0.15, -0.1) is 0 Å². The van der Waals surface area contributed by atoms with Gasteiger partial charge >= 0.3 is 5.97 Å². The number of allylic oxidation sites excluding steroid dienone is 2. The molecule has 0 amide bonds. The SMILES string of the molecule is CCCCCCCCCCCCCCCCCCCCCCCC=CCCCC(=O)O. The Labute approximate surface area is 195 Å². The second-order valence-corrected chi connectivity index (χ2v) is 9.62. The van der Waals surface area contributed by atoms with Crippen LogP contribution in [-0.2, 0) is 4.79 Å². The zero-order valence-electron chi connectivity index (χ0n) is 21.2. The molecule has 0 spiro atoms. The van der Waals surface area contributed by atoms with Crippen LogP contribution in [0, 0.1) is 0 Å². The van der Waals surface area contributed by atoms with E-state index in [-0.39, 0.29) is 0 Å². The van der Waals surface area contributed by atoms with Crippen LogP contribution in [-0.4, -0.2) is 11.1 Å². The summed E-state index contributed by atoms with van der Waals surface area (Å²) < 4.78 is 0. The second-order valence-electron chi connectivity index (χ2n) is 9.62. The van der Waals surface area contributed by atoms with Gasteiger partial charge in [-0.2, -0.15) is 0 Å². The maximum Gasteiger partial charge on any atom is 0.303 e. The summed E-state index contributed by atoms with van der Waals surface area (Å²) in [5.74, 6) is -0.683. The molecule has 0 aromatic heterocycles. The highest BCUT2D eigenvalue weighted by molar-refractivity contribution is 5.66. The van der Waals surface area contributed by atoms with Crippen molar-refractivity contribution in [3.05, 3.63) is 12.2 Å². The minimum atomic E-state index is -0.683. The van der Waals surface area contributed by atoms with Crippen LogP contribution in [0.1, 0.15) is 167 Å². The van der Waals surface area contributed by atoms with Crippen LogP contribution in [0.4, 0.5) is 0 Å². The fraction of sp³-hybridized carbons (Fsp3) is 0.897. The summed E-state index contributed by atoms with van der Waals surface area (Å²) >= 11 is 0. The normalized spacial score (nSPS) is 11.5. The first-order valence-corrected chi connectivity index (χ1v) is 14.1. The third-order valence-electron chi connectivity index (χ3n) is 6.40. The van der Waals surface area contributed by atoms with E-state index >= 15 is 0 Å². The number of unbranched alkanes of at least 4 members (excludes halogenated alkanes) is 22. The summed E-state index contributed by atoms with van der Waals surface area (Å²) in [6.45, 7) is 2.29. The molecule has 1 N–H and O–H groups in total. The smallest absolute Gasteiger partial charge is 0.303 e. The van der Waals surface area contributed by atoms with E-state index in [2.05, 4.69) is 19.1 Å². The van der Waals surface area contributed by atoms with Crippen LogP contribution in [0.25, 0.3) is 0 Å². The monoisotopic (exact) mass is 436 g/mol. The number of aliphatic carboxylic acids is 1. The van der Waals surface area contributed by atoms with Gasteiger partial charge in [-0.3, -0.25) is 4.79 Å². The van der Waals surface area contributed by atoms with Gasteiger partial charge in [-0.05, 0) is 25.7 Å². The average Bonchev–Trinajstić information content (AvgIpc) is 2.76. The van der Waals surface area contributed by atoms with Gasteiger partial charge in [0.25, 0.3) is 0 Å². The highest BCUT2D eigenvalue weighted by Gasteiger charge is 1.96. The minimum Gasteiger partial charge on any atom is -0.481 e. The molecule has 0 rings (SSSR count). The van der Waals surface area contributed by atoms with Crippen molar-refractivity contribution in [2.24, 2.45) is 0 Å². The molecule has 0 atom stereocenters. The predicted molar refractivity (Wildman–Crippen MR) is 138 cm³/mol. The number of carbonyl (C=O) groups is 1. The molecule has 0 radical (unpaired) electrons. The summed E-state index contributed by atoms with van der Waals surface area (Å²) in [5.41, 5.74) is 0. The first kappa shape index (κ1) is 30.2. The summed E-state index contributed by atoms with van der Waals surface area (Å²) in [5, 5.41) is 8.58. The molecule has 0 aromatic carbocycles. The van der Waals surface area contributed by atoms with Crippen LogP contribution in [0.3, 0.4) is 0 Å². The predicted octanol–water partition coefficient (Wildman–Crippen LogP) is 10.4. The minimum absolute atomic E-state index is 0.295. The highest BCUT2D eigenvalue weighted by atomic mass is 16.4. The van der Waals surface area contributed by atoms with Gasteiger partial charge in [-0.1, -0.05) is 147 Å². The van der Waals surface area contributed by atoms with Crippen molar-refractivity contribution in [1.29, 1.82) is 0 Å². The van der Waals surface area contributed by atoms with Crippen LogP contribution in [0.5, 0.6) is 0 Å². The Balaban J connectivity index is 3.05. The zero-order valence-corrected chi connectivity index (χ0v) is 21.2. The van der Waals surface area contributed by atoms with E-state index in [1.165, 1.54) is 135 Å². The summed E-state index contributed by atoms with van der Waals surface area (Å²) in [6.07, 6.45) is 37.6. The first-order valence-electron chi connectivity index (χ1n) is 14.1. The molecule has 0 fully saturated rings. The fourth-order valence-corrected chi connectivity index (χ4v) is 4.30. The quantitative estimate of drug-likeness (QED) is 0.108. The lowest BCUT2D eigenvalue weighted by Gasteiger charge is -2.04. The number of carboxylic acid groups (broad SMARTS) is 1. The van der Waals surface area contributed by atoms with Crippen molar-refractivity contribution in [2.75, 3.05) is 0 Å². The van der Waals surface area contributed by atoms with Crippen LogP contribution in [0.2, 0.25) is 0 Å². The van der Waals surface area contributed by atoms with Crippen molar-refractivity contribution in [1.82, 2.24) is 0 Å². The van der Waals surface area contributed by atoms with E-state index in [1.807, 2.05) is 0 Å². The van der Waals surface area contributed by atoms with E-state index in [4.69, 9.17) is 5.11 Å². The van der Waals surface area contributed by atoms with Crippen molar-refractivity contribution in [2.45, 2.75) is 167 Å². The molecule has 2 heteroatoms. The molecule has 0 aromatic rings. The van der Waals surface area contributed by atoms with Gasteiger partial charge in [0.05, 0.1) is 0 Å². The van der Waals surface area contributed by atoms with Gasteiger partial charge in [-0.25, -0.2) is 0 Å². The number of rotatable bonds is 26. The Morgan fingerprint density at radius 3 is 1.10 bits per heavy atom. The second kappa shape index (κ2) is 27.2. The van der Waals surface area contributed by atoms with Crippen molar-refractivity contribution in [3.63, 3.8) is 0 Å². The van der Waals surface area contributed by atoms with E-state index in [0.29, 0.717) is 6.42 Å². The number of hydrogen-bond acceptors (Lipinski definition) is 1. The third-order valence-corrected chi connectivity index (χ3v) is 6.40. The average molecular weight is 437 g/mol. The molecule has 0 saturated carbocycles. The molecule has 184 valence electrons. The molecule has 0 bridgehead atoms. The Kier molecular flexibility index (Phi) is 26.5. The topological polar surface area (TPSA) is 37.3 Å². The maximum absolute atomic E-state index is 10.4. The molecular formula is C29H56O2. The fourth-order valence-electron chi connectivity index (χ4n) is 4.30. The van der Waals surface area contributed by atoms with E-state index in [1.54, 1.807) is 0 Å². The van der Waals surface area contributed by atoms with E-state index in [0.717, 1.165) is 19.3 Å². The lowest BCUT2D eigenvalue weighted by molar-refractivity contribution is -0.137. The third kappa shape index (κ3) is 29.2. The molecule has 0 unspecified atom stereocenters. The Hall–Kier alpha value is -0.790. The lowest BCUT2D eigenvalue weighted by atomic mass is 10.0. The molecule has 0 aliphatic rings. The Morgan fingerprint density at radius 2 is 0.774 bits per heavy atom. The summed E-state index contributed by atoms with van der Waals surface area (Å²) in [4.78, 5) is 10.4. The number of carboxylic acids is 1. The van der Waals surface area contributed by atoms with Gasteiger partial charge in [0.1, 0.15) is 0 Å². The molecule has 0 aliphatic carbocycles. The molecule has 0 aliphatic heterocycles. The molecular weight excluding hydrogens is 380 g/mol. The highest BCUT2D eigenvalue weighted by Crippen LogP contribution is 2.15. The lowest BCUT2D eigenvalue weighted by Crippen LogP contribution is -1.92. The zero-order chi connectivity index (χ0) is 22.7. The largest absolute Gasteiger partial charge is 0.481 e. The van der Waals surface area contributed by atoms with Gasteiger partial charge in [0, 0.05) is 6.42 Å². The number of hydrogen-bond donors (Lipinski definition) is 1. The molecule has 31 heavy (non-hydrogen) atoms. The van der Waals surface area contributed by atoms with E-state index in [9.17, 15) is 4.79 Å². The van der Waals surface area contributed by atoms with Gasteiger partial charge < -0.3 is 5.11 Å². The van der Waals surface area contributed by atoms with Gasteiger partial charge in [0.2, 0.25) is 0 Å². The van der Waals surface area contributed by atoms with Crippen LogP contribution >= 0.6 is 0 Å².